The number of methoxy groups -OCH3 is 2. The Balaban J connectivity index is 2.54. The molecule has 0 saturated carbocycles. The highest BCUT2D eigenvalue weighted by atomic mass is 16.7. The van der Waals surface area contributed by atoms with E-state index in [4.69, 9.17) is 18.9 Å². The molecule has 0 heterocycles. The molecule has 0 aliphatic carbocycles. The van der Waals surface area contributed by atoms with Crippen molar-refractivity contribution in [1.82, 2.24) is 0 Å². The largest absolute Gasteiger partial charge is 0.497 e. The van der Waals surface area contributed by atoms with Gasteiger partial charge in [0.25, 0.3) is 0 Å². The third-order valence-electron chi connectivity index (χ3n) is 4.41. The van der Waals surface area contributed by atoms with Crippen molar-refractivity contribution in [3.63, 3.8) is 0 Å². The van der Waals surface area contributed by atoms with Crippen LogP contribution in [0.2, 0.25) is 0 Å². The number of hydrogen-bond acceptors (Lipinski definition) is 6. The van der Waals surface area contributed by atoms with Gasteiger partial charge in [0.2, 0.25) is 0 Å². The molecule has 0 radical (unpaired) electrons. The summed E-state index contributed by atoms with van der Waals surface area (Å²) in [6.45, 7) is 4.28. The fourth-order valence-corrected chi connectivity index (χ4v) is 2.95. The molecule has 148 valence electrons. The van der Waals surface area contributed by atoms with Gasteiger partial charge in [0, 0.05) is 13.2 Å². The minimum atomic E-state index is -1.76. The third kappa shape index (κ3) is 4.59. The molecule has 0 aromatic heterocycles. The Morgan fingerprint density at radius 1 is 0.778 bits per heavy atom. The van der Waals surface area contributed by atoms with Crippen LogP contribution in [0.15, 0.2) is 48.5 Å². The van der Waals surface area contributed by atoms with Crippen LogP contribution in [-0.4, -0.2) is 50.0 Å². The summed E-state index contributed by atoms with van der Waals surface area (Å²) >= 11 is 0. The van der Waals surface area contributed by atoms with E-state index in [0.29, 0.717) is 35.8 Å². The lowest BCUT2D eigenvalue weighted by molar-refractivity contribution is -0.230. The smallest absolute Gasteiger partial charge is 0.186 e. The standard InChI is InChI=1S/C21H28O6/c1-5-26-20(27-6-2)19(22)21(23,15-7-11-17(24-3)12-8-15)16-9-13-18(25-4)14-10-16/h7-14,19-20,22-23H,5-6H2,1-4H3. The molecule has 2 aromatic rings. The number of rotatable bonds is 10. The first-order valence-electron chi connectivity index (χ1n) is 8.93. The molecule has 1 unspecified atom stereocenters. The highest BCUT2D eigenvalue weighted by molar-refractivity contribution is 5.42. The van der Waals surface area contributed by atoms with E-state index in [9.17, 15) is 10.2 Å². The summed E-state index contributed by atoms with van der Waals surface area (Å²) < 4.78 is 21.5. The summed E-state index contributed by atoms with van der Waals surface area (Å²) in [5.41, 5.74) is -0.774. The van der Waals surface area contributed by atoms with Crippen LogP contribution in [0.4, 0.5) is 0 Å². The average Bonchev–Trinajstić information content (AvgIpc) is 2.72. The number of ether oxygens (including phenoxy) is 4. The van der Waals surface area contributed by atoms with Crippen LogP contribution >= 0.6 is 0 Å². The fourth-order valence-electron chi connectivity index (χ4n) is 2.95. The molecular weight excluding hydrogens is 348 g/mol. The second-order valence-electron chi connectivity index (χ2n) is 5.95. The molecule has 0 bridgehead atoms. The minimum absolute atomic E-state index is 0.336. The van der Waals surface area contributed by atoms with E-state index < -0.39 is 18.0 Å². The lowest BCUT2D eigenvalue weighted by Gasteiger charge is -2.37. The van der Waals surface area contributed by atoms with Crippen molar-refractivity contribution in [2.75, 3.05) is 27.4 Å². The molecular formula is C21H28O6. The van der Waals surface area contributed by atoms with Crippen molar-refractivity contribution >= 4 is 0 Å². The van der Waals surface area contributed by atoms with E-state index in [1.807, 2.05) is 0 Å². The quantitative estimate of drug-likeness (QED) is 0.621. The van der Waals surface area contributed by atoms with Gasteiger partial charge in [0.15, 0.2) is 6.29 Å². The Morgan fingerprint density at radius 2 is 1.15 bits per heavy atom. The summed E-state index contributed by atoms with van der Waals surface area (Å²) in [5.74, 6) is 1.30. The third-order valence-corrected chi connectivity index (χ3v) is 4.41. The van der Waals surface area contributed by atoms with Crippen molar-refractivity contribution in [3.8, 4) is 11.5 Å². The summed E-state index contributed by atoms with van der Waals surface area (Å²) in [5, 5.41) is 22.8. The number of aliphatic hydroxyl groups is 2. The van der Waals surface area contributed by atoms with Crippen molar-refractivity contribution in [1.29, 1.82) is 0 Å². The zero-order valence-electron chi connectivity index (χ0n) is 16.2. The van der Waals surface area contributed by atoms with Crippen LogP contribution in [0.5, 0.6) is 11.5 Å². The molecule has 0 fully saturated rings. The Labute approximate surface area is 160 Å². The van der Waals surface area contributed by atoms with Crippen LogP contribution in [0.25, 0.3) is 0 Å². The van der Waals surface area contributed by atoms with Gasteiger partial charge in [-0.2, -0.15) is 0 Å². The first-order chi connectivity index (χ1) is 13.0. The van der Waals surface area contributed by atoms with E-state index >= 15 is 0 Å². The topological polar surface area (TPSA) is 77.4 Å². The maximum absolute atomic E-state index is 11.7. The highest BCUT2D eigenvalue weighted by Crippen LogP contribution is 2.37. The zero-order chi connectivity index (χ0) is 19.9. The number of aliphatic hydroxyl groups excluding tert-OH is 1. The SMILES string of the molecule is CCOC(OCC)C(O)C(O)(c1ccc(OC)cc1)c1ccc(OC)cc1. The summed E-state index contributed by atoms with van der Waals surface area (Å²) in [6, 6.07) is 13.8. The Hall–Kier alpha value is -2.12. The fraction of sp³-hybridized carbons (Fsp3) is 0.429. The van der Waals surface area contributed by atoms with Gasteiger partial charge < -0.3 is 29.2 Å². The van der Waals surface area contributed by atoms with Crippen molar-refractivity contribution < 1.29 is 29.2 Å². The summed E-state index contributed by atoms with van der Waals surface area (Å²) in [7, 11) is 3.14. The number of benzene rings is 2. The maximum atomic E-state index is 11.7. The molecule has 2 aromatic carbocycles. The van der Waals surface area contributed by atoms with Crippen LogP contribution in [0.1, 0.15) is 25.0 Å². The van der Waals surface area contributed by atoms with Gasteiger partial charge in [-0.1, -0.05) is 24.3 Å². The van der Waals surface area contributed by atoms with Crippen LogP contribution in [-0.2, 0) is 15.1 Å². The molecule has 2 N–H and O–H groups in total. The predicted octanol–water partition coefficient (Wildman–Crippen LogP) is 2.70. The Bertz CT molecular complexity index is 629. The van der Waals surface area contributed by atoms with E-state index in [1.54, 1.807) is 76.6 Å². The lowest BCUT2D eigenvalue weighted by Crippen LogP contribution is -2.49. The molecule has 2 rings (SSSR count). The van der Waals surface area contributed by atoms with Crippen molar-refractivity contribution in [3.05, 3.63) is 59.7 Å². The monoisotopic (exact) mass is 376 g/mol. The molecule has 0 aliphatic rings. The number of hydrogen-bond donors (Lipinski definition) is 2. The van der Waals surface area contributed by atoms with Crippen molar-refractivity contribution in [2.24, 2.45) is 0 Å². The second-order valence-corrected chi connectivity index (χ2v) is 5.95. The molecule has 6 nitrogen and oxygen atoms in total. The first-order valence-corrected chi connectivity index (χ1v) is 8.93. The van der Waals surface area contributed by atoms with Crippen LogP contribution in [0.3, 0.4) is 0 Å². The van der Waals surface area contributed by atoms with Gasteiger partial charge in [-0.15, -0.1) is 0 Å². The molecule has 0 spiro atoms. The summed E-state index contributed by atoms with van der Waals surface area (Å²) in [6.07, 6.45) is -2.35. The summed E-state index contributed by atoms with van der Waals surface area (Å²) in [4.78, 5) is 0. The van der Waals surface area contributed by atoms with Gasteiger partial charge in [-0.3, -0.25) is 0 Å². The van der Waals surface area contributed by atoms with Gasteiger partial charge in [0.1, 0.15) is 23.2 Å². The van der Waals surface area contributed by atoms with Gasteiger partial charge >= 0.3 is 0 Å². The normalized spacial score (nSPS) is 12.9. The minimum Gasteiger partial charge on any atom is -0.497 e. The zero-order valence-corrected chi connectivity index (χ0v) is 16.2. The molecule has 0 amide bonds. The van der Waals surface area contributed by atoms with E-state index in [1.165, 1.54) is 0 Å². The van der Waals surface area contributed by atoms with Crippen molar-refractivity contribution in [2.45, 2.75) is 31.8 Å². The molecule has 6 heteroatoms. The second kappa shape index (κ2) is 9.71. The van der Waals surface area contributed by atoms with E-state index in [2.05, 4.69) is 0 Å². The maximum Gasteiger partial charge on any atom is 0.186 e. The van der Waals surface area contributed by atoms with E-state index in [-0.39, 0.29) is 0 Å². The van der Waals surface area contributed by atoms with Gasteiger partial charge in [-0.05, 0) is 49.2 Å². The molecule has 0 saturated heterocycles. The molecule has 27 heavy (non-hydrogen) atoms. The van der Waals surface area contributed by atoms with Crippen LogP contribution in [0, 0.1) is 0 Å². The Kier molecular flexibility index (Phi) is 7.62. The van der Waals surface area contributed by atoms with Gasteiger partial charge in [-0.25, -0.2) is 0 Å². The molecule has 1 atom stereocenters. The van der Waals surface area contributed by atoms with Gasteiger partial charge in [0.05, 0.1) is 14.2 Å². The molecule has 0 aliphatic heterocycles. The highest BCUT2D eigenvalue weighted by Gasteiger charge is 2.44. The Morgan fingerprint density at radius 3 is 1.44 bits per heavy atom. The van der Waals surface area contributed by atoms with Crippen LogP contribution < -0.4 is 9.47 Å². The average molecular weight is 376 g/mol. The lowest BCUT2D eigenvalue weighted by atomic mass is 9.81. The predicted molar refractivity (Wildman–Crippen MR) is 102 cm³/mol. The first kappa shape index (κ1) is 21.2. The van der Waals surface area contributed by atoms with E-state index in [0.717, 1.165) is 0 Å².